The van der Waals surface area contributed by atoms with Crippen LogP contribution in [0.1, 0.15) is 10.4 Å². The van der Waals surface area contributed by atoms with E-state index in [4.69, 9.17) is 10.5 Å². The number of ether oxygens (including phenoxy) is 1. The molecule has 1 aliphatic rings. The SMILES string of the molecule is NC1COCC1C(=O)c1cc(F)ccc1F. The Morgan fingerprint density at radius 2 is 2.12 bits per heavy atom. The number of Topliss-reactive ketones (excluding diaryl/α,β-unsaturated/α-hetero) is 1. The van der Waals surface area contributed by atoms with Crippen molar-refractivity contribution in [2.75, 3.05) is 13.2 Å². The van der Waals surface area contributed by atoms with E-state index in [2.05, 4.69) is 0 Å². The highest BCUT2D eigenvalue weighted by Crippen LogP contribution is 2.20. The van der Waals surface area contributed by atoms with Crippen molar-refractivity contribution in [1.82, 2.24) is 0 Å². The molecule has 1 aromatic rings. The minimum atomic E-state index is -0.731. The van der Waals surface area contributed by atoms with Crippen LogP contribution in [0.4, 0.5) is 8.78 Å². The molecule has 1 fully saturated rings. The van der Waals surface area contributed by atoms with E-state index in [-0.39, 0.29) is 18.8 Å². The molecule has 0 amide bonds. The third-order valence-corrected chi connectivity index (χ3v) is 2.66. The van der Waals surface area contributed by atoms with Gasteiger partial charge in [-0.25, -0.2) is 8.78 Å². The zero-order valence-corrected chi connectivity index (χ0v) is 8.45. The summed E-state index contributed by atoms with van der Waals surface area (Å²) in [5.74, 6) is -2.46. The zero-order valence-electron chi connectivity index (χ0n) is 8.45. The largest absolute Gasteiger partial charge is 0.379 e. The van der Waals surface area contributed by atoms with Gasteiger partial charge in [-0.3, -0.25) is 4.79 Å². The molecule has 16 heavy (non-hydrogen) atoms. The van der Waals surface area contributed by atoms with Crippen LogP contribution in [0.5, 0.6) is 0 Å². The molecule has 3 nitrogen and oxygen atoms in total. The third-order valence-electron chi connectivity index (χ3n) is 2.66. The number of halogens is 2. The second-order valence-corrected chi connectivity index (χ2v) is 3.80. The van der Waals surface area contributed by atoms with E-state index in [1.54, 1.807) is 0 Å². The normalized spacial score (nSPS) is 24.7. The lowest BCUT2D eigenvalue weighted by Crippen LogP contribution is -2.34. The van der Waals surface area contributed by atoms with Gasteiger partial charge in [0.15, 0.2) is 5.78 Å². The smallest absolute Gasteiger partial charge is 0.172 e. The molecule has 1 saturated heterocycles. The van der Waals surface area contributed by atoms with E-state index >= 15 is 0 Å². The van der Waals surface area contributed by atoms with Gasteiger partial charge in [0.2, 0.25) is 0 Å². The third kappa shape index (κ3) is 1.96. The summed E-state index contributed by atoms with van der Waals surface area (Å²) in [6.07, 6.45) is 0. The Morgan fingerprint density at radius 1 is 1.38 bits per heavy atom. The highest BCUT2D eigenvalue weighted by Gasteiger charge is 2.33. The summed E-state index contributed by atoms with van der Waals surface area (Å²) in [7, 11) is 0. The molecule has 0 aromatic heterocycles. The lowest BCUT2D eigenvalue weighted by molar-refractivity contribution is 0.0891. The fourth-order valence-corrected chi connectivity index (χ4v) is 1.73. The Kier molecular flexibility index (Phi) is 2.98. The number of carbonyl (C=O) groups excluding carboxylic acids is 1. The summed E-state index contributed by atoms with van der Waals surface area (Å²) >= 11 is 0. The predicted octanol–water partition coefficient (Wildman–Crippen LogP) is 1.12. The van der Waals surface area contributed by atoms with Crippen molar-refractivity contribution in [3.8, 4) is 0 Å². The van der Waals surface area contributed by atoms with Crippen LogP contribution >= 0.6 is 0 Å². The molecule has 2 N–H and O–H groups in total. The average molecular weight is 227 g/mol. The average Bonchev–Trinajstić information content (AvgIpc) is 2.67. The van der Waals surface area contributed by atoms with Crippen molar-refractivity contribution in [3.05, 3.63) is 35.4 Å². The van der Waals surface area contributed by atoms with E-state index < -0.39 is 29.4 Å². The summed E-state index contributed by atoms with van der Waals surface area (Å²) in [5, 5.41) is 0. The molecule has 2 rings (SSSR count). The van der Waals surface area contributed by atoms with E-state index in [1.807, 2.05) is 0 Å². The second kappa shape index (κ2) is 4.27. The maximum atomic E-state index is 13.3. The highest BCUT2D eigenvalue weighted by atomic mass is 19.1. The molecule has 0 bridgehead atoms. The molecule has 2 unspecified atom stereocenters. The summed E-state index contributed by atoms with van der Waals surface area (Å²) in [6, 6.07) is 2.35. The molecule has 2 atom stereocenters. The van der Waals surface area contributed by atoms with E-state index in [0.29, 0.717) is 0 Å². The molecule has 0 saturated carbocycles. The van der Waals surface area contributed by atoms with Crippen LogP contribution in [0.25, 0.3) is 0 Å². The highest BCUT2D eigenvalue weighted by molar-refractivity contribution is 5.98. The molecular weight excluding hydrogens is 216 g/mol. The van der Waals surface area contributed by atoms with Crippen molar-refractivity contribution >= 4 is 5.78 Å². The second-order valence-electron chi connectivity index (χ2n) is 3.80. The van der Waals surface area contributed by atoms with Crippen molar-refractivity contribution in [3.63, 3.8) is 0 Å². The number of rotatable bonds is 2. The first-order chi connectivity index (χ1) is 7.59. The minimum absolute atomic E-state index is 0.163. The Morgan fingerprint density at radius 3 is 2.75 bits per heavy atom. The van der Waals surface area contributed by atoms with Crippen molar-refractivity contribution in [2.24, 2.45) is 11.7 Å². The molecule has 1 heterocycles. The van der Waals surface area contributed by atoms with Crippen LogP contribution in [0, 0.1) is 17.6 Å². The molecule has 0 aliphatic carbocycles. The van der Waals surface area contributed by atoms with Gasteiger partial charge in [-0.15, -0.1) is 0 Å². The monoisotopic (exact) mass is 227 g/mol. The summed E-state index contributed by atoms with van der Waals surface area (Å²) in [5.41, 5.74) is 5.38. The summed E-state index contributed by atoms with van der Waals surface area (Å²) < 4.78 is 31.3. The molecular formula is C11H11F2NO2. The number of hydrogen-bond donors (Lipinski definition) is 1. The Hall–Kier alpha value is -1.33. The van der Waals surface area contributed by atoms with Gasteiger partial charge in [0, 0.05) is 6.04 Å². The molecule has 1 aliphatic heterocycles. The lowest BCUT2D eigenvalue weighted by Gasteiger charge is -2.12. The number of hydrogen-bond acceptors (Lipinski definition) is 3. The fourth-order valence-electron chi connectivity index (χ4n) is 1.73. The summed E-state index contributed by atoms with van der Waals surface area (Å²) in [6.45, 7) is 0.434. The fraction of sp³-hybridized carbons (Fsp3) is 0.364. The molecule has 1 aromatic carbocycles. The van der Waals surface area contributed by atoms with Gasteiger partial charge in [0.1, 0.15) is 11.6 Å². The van der Waals surface area contributed by atoms with Gasteiger partial charge >= 0.3 is 0 Å². The summed E-state index contributed by atoms with van der Waals surface area (Å²) in [4.78, 5) is 11.9. The molecule has 5 heteroatoms. The number of carbonyl (C=O) groups is 1. The topological polar surface area (TPSA) is 52.3 Å². The van der Waals surface area contributed by atoms with Gasteiger partial charge in [-0.1, -0.05) is 0 Å². The van der Waals surface area contributed by atoms with Crippen LogP contribution in [-0.4, -0.2) is 25.0 Å². The first-order valence-electron chi connectivity index (χ1n) is 4.92. The predicted molar refractivity (Wildman–Crippen MR) is 53.0 cm³/mol. The van der Waals surface area contributed by atoms with E-state index in [9.17, 15) is 13.6 Å². The standard InChI is InChI=1S/C11H11F2NO2/c12-6-1-2-9(13)7(3-6)11(15)8-4-16-5-10(8)14/h1-3,8,10H,4-5,14H2. The van der Waals surface area contributed by atoms with Gasteiger partial charge in [-0.2, -0.15) is 0 Å². The zero-order chi connectivity index (χ0) is 11.7. The molecule has 0 radical (unpaired) electrons. The first kappa shape index (κ1) is 11.2. The van der Waals surface area contributed by atoms with Gasteiger partial charge in [0.25, 0.3) is 0 Å². The van der Waals surface area contributed by atoms with Crippen LogP contribution in [0.15, 0.2) is 18.2 Å². The number of nitrogens with two attached hydrogens (primary N) is 1. The Labute approximate surface area is 91.2 Å². The van der Waals surface area contributed by atoms with Gasteiger partial charge in [-0.05, 0) is 18.2 Å². The van der Waals surface area contributed by atoms with Crippen LogP contribution < -0.4 is 5.73 Å². The maximum absolute atomic E-state index is 13.3. The molecule has 86 valence electrons. The number of ketones is 1. The van der Waals surface area contributed by atoms with Crippen molar-refractivity contribution < 1.29 is 18.3 Å². The van der Waals surface area contributed by atoms with Crippen LogP contribution in [0.2, 0.25) is 0 Å². The van der Waals surface area contributed by atoms with Crippen molar-refractivity contribution in [2.45, 2.75) is 6.04 Å². The first-order valence-corrected chi connectivity index (χ1v) is 4.92. The van der Waals surface area contributed by atoms with Crippen LogP contribution in [0.3, 0.4) is 0 Å². The van der Waals surface area contributed by atoms with E-state index in [1.165, 1.54) is 0 Å². The van der Waals surface area contributed by atoms with Crippen molar-refractivity contribution in [1.29, 1.82) is 0 Å². The Bertz CT molecular complexity index is 422. The maximum Gasteiger partial charge on any atom is 0.172 e. The molecule has 0 spiro atoms. The van der Waals surface area contributed by atoms with Crippen LogP contribution in [-0.2, 0) is 4.74 Å². The number of benzene rings is 1. The lowest BCUT2D eigenvalue weighted by atomic mass is 9.93. The Balaban J connectivity index is 2.29. The minimum Gasteiger partial charge on any atom is -0.379 e. The van der Waals surface area contributed by atoms with E-state index in [0.717, 1.165) is 18.2 Å². The van der Waals surface area contributed by atoms with Gasteiger partial charge < -0.3 is 10.5 Å². The quantitative estimate of drug-likeness (QED) is 0.770. The van der Waals surface area contributed by atoms with Gasteiger partial charge in [0.05, 0.1) is 24.7 Å².